The summed E-state index contributed by atoms with van der Waals surface area (Å²) in [5, 5.41) is 6.09. The second-order valence-corrected chi connectivity index (χ2v) is 7.98. The number of benzene rings is 1. The highest BCUT2D eigenvalue weighted by atomic mass is 32.2. The average Bonchev–Trinajstić information content (AvgIpc) is 3.14. The highest BCUT2D eigenvalue weighted by molar-refractivity contribution is 7.89. The van der Waals surface area contributed by atoms with Gasteiger partial charge in [0, 0.05) is 25.7 Å². The van der Waals surface area contributed by atoms with Gasteiger partial charge in [0.15, 0.2) is 0 Å². The Morgan fingerprint density at radius 1 is 1.36 bits per heavy atom. The van der Waals surface area contributed by atoms with Crippen molar-refractivity contribution in [3.63, 3.8) is 0 Å². The fourth-order valence-electron chi connectivity index (χ4n) is 3.00. The van der Waals surface area contributed by atoms with Crippen LogP contribution in [0.2, 0.25) is 0 Å². The van der Waals surface area contributed by atoms with E-state index in [1.54, 1.807) is 0 Å². The lowest BCUT2D eigenvalue weighted by Crippen LogP contribution is -2.40. The number of ether oxygens (including phenoxy) is 2. The van der Waals surface area contributed by atoms with Crippen molar-refractivity contribution >= 4 is 15.9 Å². The van der Waals surface area contributed by atoms with Crippen molar-refractivity contribution < 1.29 is 22.7 Å². The third-order valence-electron chi connectivity index (χ3n) is 4.42. The maximum atomic E-state index is 12.8. The van der Waals surface area contributed by atoms with Crippen molar-refractivity contribution in [1.29, 1.82) is 0 Å². The van der Waals surface area contributed by atoms with Gasteiger partial charge in [-0.2, -0.15) is 4.31 Å². The number of nitrogens with one attached hydrogen (secondary N) is 2. The van der Waals surface area contributed by atoms with Gasteiger partial charge in [-0.05, 0) is 31.2 Å². The molecule has 1 amide bonds. The number of hydrogen-bond acceptors (Lipinski definition) is 6. The minimum Gasteiger partial charge on any atom is -0.496 e. The fourth-order valence-corrected chi connectivity index (χ4v) is 4.44. The van der Waals surface area contributed by atoms with Crippen LogP contribution in [0.1, 0.15) is 16.8 Å². The van der Waals surface area contributed by atoms with Gasteiger partial charge < -0.3 is 20.1 Å². The summed E-state index contributed by atoms with van der Waals surface area (Å²) < 4.78 is 37.4. The highest BCUT2D eigenvalue weighted by Gasteiger charge is 2.28. The summed E-state index contributed by atoms with van der Waals surface area (Å²) in [6.45, 7) is 2.93. The van der Waals surface area contributed by atoms with Crippen LogP contribution in [0.4, 0.5) is 0 Å². The third kappa shape index (κ3) is 3.95. The van der Waals surface area contributed by atoms with Gasteiger partial charge in [0.05, 0.1) is 30.8 Å². The minimum atomic E-state index is -3.66. The molecular weight excluding hydrogens is 346 g/mol. The summed E-state index contributed by atoms with van der Waals surface area (Å²) in [4.78, 5) is 12.7. The number of carbonyl (C=O) groups excluding carboxylic acids is 1. The Morgan fingerprint density at radius 2 is 2.12 bits per heavy atom. The predicted octanol–water partition coefficient (Wildman–Crippen LogP) is -0.192. The molecule has 8 nitrogen and oxygen atoms in total. The monoisotopic (exact) mass is 369 g/mol. The van der Waals surface area contributed by atoms with Gasteiger partial charge >= 0.3 is 0 Å². The van der Waals surface area contributed by atoms with Crippen LogP contribution in [-0.2, 0) is 14.8 Å². The lowest BCUT2D eigenvalue weighted by atomic mass is 10.1. The molecular formula is C16H23N3O5S. The Bertz CT molecular complexity index is 725. The van der Waals surface area contributed by atoms with Gasteiger partial charge in [0.1, 0.15) is 5.75 Å². The summed E-state index contributed by atoms with van der Waals surface area (Å²) >= 11 is 0. The van der Waals surface area contributed by atoms with Gasteiger partial charge in [-0.1, -0.05) is 0 Å². The van der Waals surface area contributed by atoms with Gasteiger partial charge in [-0.25, -0.2) is 8.42 Å². The molecule has 2 aliphatic rings. The first-order valence-electron chi connectivity index (χ1n) is 8.30. The van der Waals surface area contributed by atoms with E-state index in [-0.39, 0.29) is 22.4 Å². The molecule has 2 heterocycles. The molecule has 1 unspecified atom stereocenters. The normalized spacial score (nSPS) is 21.9. The first-order valence-corrected chi connectivity index (χ1v) is 9.74. The first-order chi connectivity index (χ1) is 12.0. The Hall–Kier alpha value is -1.68. The number of sulfonamides is 1. The molecule has 25 heavy (non-hydrogen) atoms. The van der Waals surface area contributed by atoms with Crippen molar-refractivity contribution in [1.82, 2.24) is 14.9 Å². The Kier molecular flexibility index (Phi) is 5.57. The molecule has 0 spiro atoms. The minimum absolute atomic E-state index is 0.0386. The molecule has 138 valence electrons. The van der Waals surface area contributed by atoms with E-state index in [1.807, 2.05) is 0 Å². The molecule has 3 rings (SSSR count). The predicted molar refractivity (Wildman–Crippen MR) is 91.3 cm³/mol. The van der Waals surface area contributed by atoms with Crippen molar-refractivity contribution in [2.24, 2.45) is 0 Å². The average molecular weight is 369 g/mol. The molecule has 2 saturated heterocycles. The summed E-state index contributed by atoms with van der Waals surface area (Å²) in [6, 6.07) is 4.42. The van der Waals surface area contributed by atoms with Crippen molar-refractivity contribution in [3.8, 4) is 5.75 Å². The number of carbonyl (C=O) groups is 1. The van der Waals surface area contributed by atoms with Crippen molar-refractivity contribution in [2.75, 3.05) is 46.5 Å². The Labute approximate surface area is 147 Å². The number of morpholine rings is 1. The molecule has 1 aromatic carbocycles. The first kappa shape index (κ1) is 18.1. The Morgan fingerprint density at radius 3 is 2.76 bits per heavy atom. The molecule has 2 aliphatic heterocycles. The van der Waals surface area contributed by atoms with Crippen molar-refractivity contribution in [2.45, 2.75) is 17.4 Å². The standard InChI is InChI=1S/C16H23N3O5S/c1-23-15-3-2-13(25(21,22)19-6-8-24-9-7-19)10-14(15)16(20)18-12-4-5-17-11-12/h2-3,10,12,17H,4-9,11H2,1H3,(H,18,20). The largest absolute Gasteiger partial charge is 0.496 e. The van der Waals surface area contributed by atoms with Crippen molar-refractivity contribution in [3.05, 3.63) is 23.8 Å². The lowest BCUT2D eigenvalue weighted by molar-refractivity contribution is 0.0730. The van der Waals surface area contributed by atoms with Crippen LogP contribution in [0.3, 0.4) is 0 Å². The van der Waals surface area contributed by atoms with Crippen LogP contribution >= 0.6 is 0 Å². The second kappa shape index (κ2) is 7.69. The Balaban J connectivity index is 1.87. The van der Waals surface area contributed by atoms with E-state index in [2.05, 4.69) is 10.6 Å². The molecule has 0 aromatic heterocycles. The van der Waals surface area contributed by atoms with E-state index in [9.17, 15) is 13.2 Å². The summed E-state index contributed by atoms with van der Waals surface area (Å²) in [7, 11) is -2.21. The smallest absolute Gasteiger partial charge is 0.255 e. The molecule has 2 N–H and O–H groups in total. The second-order valence-electron chi connectivity index (χ2n) is 6.04. The molecule has 0 aliphatic carbocycles. The highest BCUT2D eigenvalue weighted by Crippen LogP contribution is 2.25. The number of hydrogen-bond donors (Lipinski definition) is 2. The van der Waals surface area contributed by atoms with E-state index in [4.69, 9.17) is 9.47 Å². The van der Waals surface area contributed by atoms with Crippen LogP contribution < -0.4 is 15.4 Å². The SMILES string of the molecule is COc1ccc(S(=O)(=O)N2CCOCC2)cc1C(=O)NC1CCNC1. The number of rotatable bonds is 5. The van der Waals surface area contributed by atoms with E-state index < -0.39 is 10.0 Å². The maximum Gasteiger partial charge on any atom is 0.255 e. The summed E-state index contributed by atoms with van der Waals surface area (Å²) in [5.41, 5.74) is 0.226. The van der Waals surface area contributed by atoms with E-state index in [0.29, 0.717) is 38.6 Å². The van der Waals surface area contributed by atoms with E-state index in [1.165, 1.54) is 29.6 Å². The topological polar surface area (TPSA) is 97.0 Å². The van der Waals surface area contributed by atoms with Gasteiger partial charge in [0.2, 0.25) is 10.0 Å². The maximum absolute atomic E-state index is 12.8. The quantitative estimate of drug-likeness (QED) is 0.747. The molecule has 2 fully saturated rings. The molecule has 0 radical (unpaired) electrons. The van der Waals surface area contributed by atoms with Crippen LogP contribution in [-0.4, -0.2) is 71.2 Å². The number of amides is 1. The third-order valence-corrected chi connectivity index (χ3v) is 6.31. The molecule has 1 aromatic rings. The fraction of sp³-hybridized carbons (Fsp3) is 0.562. The zero-order valence-corrected chi connectivity index (χ0v) is 15.0. The van der Waals surface area contributed by atoms with Gasteiger partial charge in [0.25, 0.3) is 5.91 Å². The van der Waals surface area contributed by atoms with Crippen LogP contribution in [0.15, 0.2) is 23.1 Å². The van der Waals surface area contributed by atoms with Crippen LogP contribution in [0, 0.1) is 0 Å². The van der Waals surface area contributed by atoms with Crippen LogP contribution in [0.5, 0.6) is 5.75 Å². The summed E-state index contributed by atoms with van der Waals surface area (Å²) in [5.74, 6) is 0.0222. The molecule has 1 atom stereocenters. The van der Waals surface area contributed by atoms with Crippen LogP contribution in [0.25, 0.3) is 0 Å². The van der Waals surface area contributed by atoms with E-state index in [0.717, 1.165) is 13.0 Å². The van der Waals surface area contributed by atoms with Gasteiger partial charge in [-0.15, -0.1) is 0 Å². The molecule has 0 bridgehead atoms. The number of methoxy groups -OCH3 is 1. The molecule has 9 heteroatoms. The zero-order chi connectivity index (χ0) is 17.9. The lowest BCUT2D eigenvalue weighted by Gasteiger charge is -2.26. The molecule has 0 saturated carbocycles. The zero-order valence-electron chi connectivity index (χ0n) is 14.2. The summed E-state index contributed by atoms with van der Waals surface area (Å²) in [6.07, 6.45) is 0.847. The van der Waals surface area contributed by atoms with E-state index >= 15 is 0 Å². The number of nitrogens with zero attached hydrogens (tertiary/aromatic N) is 1. The van der Waals surface area contributed by atoms with Gasteiger partial charge in [-0.3, -0.25) is 4.79 Å².